The quantitative estimate of drug-likeness (QED) is 0.781. The van der Waals surface area contributed by atoms with E-state index in [0.29, 0.717) is 12.1 Å². The van der Waals surface area contributed by atoms with Crippen LogP contribution in [0.25, 0.3) is 0 Å². The van der Waals surface area contributed by atoms with E-state index in [2.05, 4.69) is 10.00 Å². The summed E-state index contributed by atoms with van der Waals surface area (Å²) in [6.45, 7) is 2.04. The maximum atomic E-state index is 12.8. The lowest BCUT2D eigenvalue weighted by Gasteiger charge is -2.37. The van der Waals surface area contributed by atoms with Crippen LogP contribution >= 0.6 is 11.6 Å². The van der Waals surface area contributed by atoms with E-state index in [1.165, 1.54) is 0 Å². The monoisotopic (exact) mass is 281 g/mol. The maximum absolute atomic E-state index is 12.8. The lowest BCUT2D eigenvalue weighted by molar-refractivity contribution is 0.0598. The van der Waals surface area contributed by atoms with Gasteiger partial charge in [-0.2, -0.15) is 5.10 Å². The largest absolute Gasteiger partial charge is 0.332 e. The molecule has 0 N–H and O–H groups in total. The second-order valence-electron chi connectivity index (χ2n) is 5.68. The molecule has 5 heteroatoms. The van der Waals surface area contributed by atoms with Gasteiger partial charge in [-0.1, -0.05) is 6.92 Å². The van der Waals surface area contributed by atoms with Crippen molar-refractivity contribution in [2.75, 3.05) is 0 Å². The van der Waals surface area contributed by atoms with E-state index in [0.717, 1.165) is 43.4 Å². The molecule has 19 heavy (non-hydrogen) atoms. The van der Waals surface area contributed by atoms with E-state index < -0.39 is 0 Å². The van der Waals surface area contributed by atoms with Crippen LogP contribution in [0.2, 0.25) is 0 Å². The number of carbonyl (C=O) groups is 1. The first-order valence-corrected chi connectivity index (χ1v) is 7.53. The number of halogens is 1. The van der Waals surface area contributed by atoms with Crippen molar-refractivity contribution in [3.63, 3.8) is 0 Å². The average molecular weight is 282 g/mol. The Morgan fingerprint density at radius 2 is 2.05 bits per heavy atom. The summed E-state index contributed by atoms with van der Waals surface area (Å²) in [5.41, 5.74) is 1.68. The van der Waals surface area contributed by atoms with Crippen molar-refractivity contribution < 1.29 is 4.79 Å². The maximum Gasteiger partial charge on any atom is 0.257 e. The molecule has 1 amide bonds. The zero-order valence-corrected chi connectivity index (χ0v) is 12.2. The topological polar surface area (TPSA) is 38.1 Å². The molecule has 0 saturated carbocycles. The Kier molecular flexibility index (Phi) is 3.29. The third-order valence-electron chi connectivity index (χ3n) is 4.38. The van der Waals surface area contributed by atoms with Crippen LogP contribution in [0.5, 0.6) is 0 Å². The molecular formula is C14H20ClN3O. The minimum absolute atomic E-state index is 0.154. The smallest absolute Gasteiger partial charge is 0.257 e. The molecule has 104 valence electrons. The standard InChI is InChI=1S/C14H20ClN3O/c1-3-13-12(8-17(2)16-13)14(19)18-10-4-5-11(18)7-9(15)6-10/h8-11H,3-7H2,1-2H3. The van der Waals surface area contributed by atoms with Crippen LogP contribution in [0.3, 0.4) is 0 Å². The van der Waals surface area contributed by atoms with Gasteiger partial charge in [0.25, 0.3) is 5.91 Å². The summed E-state index contributed by atoms with van der Waals surface area (Å²) in [6.07, 6.45) is 6.72. The van der Waals surface area contributed by atoms with E-state index in [9.17, 15) is 4.79 Å². The van der Waals surface area contributed by atoms with Gasteiger partial charge in [-0.25, -0.2) is 0 Å². The fourth-order valence-corrected chi connectivity index (χ4v) is 3.97. The first-order valence-electron chi connectivity index (χ1n) is 7.09. The third kappa shape index (κ3) is 2.16. The molecule has 2 atom stereocenters. The minimum Gasteiger partial charge on any atom is -0.332 e. The van der Waals surface area contributed by atoms with Gasteiger partial charge in [-0.05, 0) is 32.1 Å². The number of piperidine rings is 1. The fraction of sp³-hybridized carbons (Fsp3) is 0.714. The normalized spacial score (nSPS) is 29.8. The van der Waals surface area contributed by atoms with Crippen LogP contribution in [-0.4, -0.2) is 38.0 Å². The molecule has 0 radical (unpaired) electrons. The van der Waals surface area contributed by atoms with Gasteiger partial charge in [0.1, 0.15) is 0 Å². The predicted octanol–water partition coefficient (Wildman–Crippen LogP) is 2.36. The number of hydrogen-bond acceptors (Lipinski definition) is 2. The Bertz CT molecular complexity index is 485. The summed E-state index contributed by atoms with van der Waals surface area (Å²) in [7, 11) is 1.87. The minimum atomic E-state index is 0.154. The molecule has 3 rings (SSSR count). The fourth-order valence-electron chi connectivity index (χ4n) is 3.56. The number of nitrogens with zero attached hydrogens (tertiary/aromatic N) is 3. The lowest BCUT2D eigenvalue weighted by atomic mass is 10.0. The van der Waals surface area contributed by atoms with Crippen LogP contribution in [0, 0.1) is 0 Å². The van der Waals surface area contributed by atoms with Gasteiger partial charge in [0.15, 0.2) is 0 Å². The molecule has 0 aliphatic carbocycles. The summed E-state index contributed by atoms with van der Waals surface area (Å²) in [6, 6.07) is 0.664. The molecule has 1 aromatic rings. The van der Waals surface area contributed by atoms with E-state index in [1.54, 1.807) is 4.68 Å². The molecule has 2 aliphatic heterocycles. The Morgan fingerprint density at radius 3 is 2.63 bits per heavy atom. The molecule has 2 bridgehead atoms. The number of rotatable bonds is 2. The van der Waals surface area contributed by atoms with Gasteiger partial charge in [-0.15, -0.1) is 11.6 Å². The van der Waals surface area contributed by atoms with E-state index in [1.807, 2.05) is 20.2 Å². The molecule has 2 aliphatic rings. The molecule has 2 unspecified atom stereocenters. The van der Waals surface area contributed by atoms with Crippen molar-refractivity contribution in [3.8, 4) is 0 Å². The number of fused-ring (bicyclic) bond motifs is 2. The Morgan fingerprint density at radius 1 is 1.42 bits per heavy atom. The van der Waals surface area contributed by atoms with Crippen LogP contribution in [0.15, 0.2) is 6.20 Å². The Balaban J connectivity index is 1.88. The van der Waals surface area contributed by atoms with Crippen molar-refractivity contribution in [2.24, 2.45) is 7.05 Å². The van der Waals surface area contributed by atoms with Gasteiger partial charge in [-0.3, -0.25) is 9.48 Å². The van der Waals surface area contributed by atoms with Crippen LogP contribution < -0.4 is 0 Å². The van der Waals surface area contributed by atoms with E-state index in [4.69, 9.17) is 11.6 Å². The van der Waals surface area contributed by atoms with Crippen LogP contribution in [-0.2, 0) is 13.5 Å². The van der Waals surface area contributed by atoms with Gasteiger partial charge in [0.2, 0.25) is 0 Å². The van der Waals surface area contributed by atoms with Crippen molar-refractivity contribution in [1.82, 2.24) is 14.7 Å². The zero-order chi connectivity index (χ0) is 13.6. The van der Waals surface area contributed by atoms with Crippen LogP contribution in [0.1, 0.15) is 48.7 Å². The van der Waals surface area contributed by atoms with Crippen molar-refractivity contribution in [1.29, 1.82) is 0 Å². The molecule has 1 aromatic heterocycles. The van der Waals surface area contributed by atoms with Gasteiger partial charge < -0.3 is 4.90 Å². The highest BCUT2D eigenvalue weighted by atomic mass is 35.5. The summed E-state index contributed by atoms with van der Waals surface area (Å²) in [5, 5.41) is 4.61. The Labute approximate surface area is 118 Å². The first-order chi connectivity index (χ1) is 9.10. The predicted molar refractivity (Wildman–Crippen MR) is 74.4 cm³/mol. The number of alkyl halides is 1. The third-order valence-corrected chi connectivity index (χ3v) is 4.74. The zero-order valence-electron chi connectivity index (χ0n) is 11.5. The van der Waals surface area contributed by atoms with Crippen molar-refractivity contribution in [3.05, 3.63) is 17.5 Å². The molecule has 4 nitrogen and oxygen atoms in total. The first kappa shape index (κ1) is 13.0. The highest BCUT2D eigenvalue weighted by Crippen LogP contribution is 2.38. The van der Waals surface area contributed by atoms with Gasteiger partial charge in [0, 0.05) is 30.7 Å². The lowest BCUT2D eigenvalue weighted by Crippen LogP contribution is -2.47. The highest BCUT2D eigenvalue weighted by molar-refractivity contribution is 6.20. The molecule has 0 aromatic carbocycles. The van der Waals surface area contributed by atoms with E-state index in [-0.39, 0.29) is 11.3 Å². The molecular weight excluding hydrogens is 262 g/mol. The summed E-state index contributed by atoms with van der Waals surface area (Å²) in [5.74, 6) is 0.154. The highest BCUT2D eigenvalue weighted by Gasteiger charge is 2.43. The average Bonchev–Trinajstić information content (AvgIpc) is 2.87. The second kappa shape index (κ2) is 4.82. The molecule has 0 spiro atoms. The van der Waals surface area contributed by atoms with Gasteiger partial charge >= 0.3 is 0 Å². The molecule has 2 fully saturated rings. The Hall–Kier alpha value is -1.03. The second-order valence-corrected chi connectivity index (χ2v) is 6.30. The number of hydrogen-bond donors (Lipinski definition) is 0. The SMILES string of the molecule is CCc1nn(C)cc1C(=O)N1C2CCC1CC(Cl)C2. The summed E-state index contributed by atoms with van der Waals surface area (Å²) >= 11 is 6.27. The number of aromatic nitrogens is 2. The van der Waals surface area contributed by atoms with Crippen molar-refractivity contribution in [2.45, 2.75) is 56.5 Å². The number of carbonyl (C=O) groups excluding carboxylic acids is 1. The molecule has 2 saturated heterocycles. The van der Waals surface area contributed by atoms with Crippen LogP contribution in [0.4, 0.5) is 0 Å². The van der Waals surface area contributed by atoms with Gasteiger partial charge in [0.05, 0.1) is 11.3 Å². The molecule has 3 heterocycles. The number of amides is 1. The summed E-state index contributed by atoms with van der Waals surface area (Å²) in [4.78, 5) is 14.9. The van der Waals surface area contributed by atoms with Crippen molar-refractivity contribution >= 4 is 17.5 Å². The van der Waals surface area contributed by atoms with E-state index >= 15 is 0 Å². The summed E-state index contributed by atoms with van der Waals surface area (Å²) < 4.78 is 1.74. The number of aryl methyl sites for hydroxylation is 2.